The zero-order valence-corrected chi connectivity index (χ0v) is 18.2. The van der Waals surface area contributed by atoms with Crippen molar-refractivity contribution in [3.63, 3.8) is 0 Å². The summed E-state index contributed by atoms with van der Waals surface area (Å²) in [5.41, 5.74) is 10.9. The minimum Gasteiger partial charge on any atom is -0.456 e. The number of para-hydroxylation sites is 4. The van der Waals surface area contributed by atoms with Gasteiger partial charge in [0, 0.05) is 38.3 Å². The summed E-state index contributed by atoms with van der Waals surface area (Å²) in [6.45, 7) is 0.0581. The number of furan rings is 1. The number of rotatable bonds is 0. The van der Waals surface area contributed by atoms with Gasteiger partial charge in [0.25, 0.3) is 0 Å². The van der Waals surface area contributed by atoms with E-state index in [4.69, 9.17) is 4.42 Å². The van der Waals surface area contributed by atoms with Gasteiger partial charge in [0.2, 0.25) is 0 Å². The third-order valence-corrected chi connectivity index (χ3v) is 7.74. The summed E-state index contributed by atoms with van der Waals surface area (Å²) in [5.74, 6) is 0. The van der Waals surface area contributed by atoms with Gasteiger partial charge in [-0.2, -0.15) is 0 Å². The fourth-order valence-corrected chi connectivity index (χ4v) is 6.50. The molecule has 0 fully saturated rings. The van der Waals surface area contributed by atoms with Crippen LogP contribution in [0.15, 0.2) is 108 Å². The molecule has 2 aliphatic rings. The van der Waals surface area contributed by atoms with Gasteiger partial charge < -0.3 is 13.7 Å². The average Bonchev–Trinajstić information content (AvgIpc) is 3.55. The first-order chi connectivity index (χ1) is 16.9. The van der Waals surface area contributed by atoms with Gasteiger partial charge in [0.05, 0.1) is 11.2 Å². The van der Waals surface area contributed by atoms with E-state index in [1.807, 2.05) is 6.07 Å². The molecule has 0 unspecified atom stereocenters. The maximum Gasteiger partial charge on any atom is 0.421 e. The molecule has 2 aliphatic heterocycles. The van der Waals surface area contributed by atoms with Crippen LogP contribution in [0.3, 0.4) is 0 Å². The van der Waals surface area contributed by atoms with E-state index < -0.39 is 0 Å². The van der Waals surface area contributed by atoms with Crippen LogP contribution in [0.4, 0.5) is 11.4 Å². The number of fused-ring (bicyclic) bond motifs is 15. The normalized spacial score (nSPS) is 13.8. The lowest BCUT2D eigenvalue weighted by Crippen LogP contribution is -2.51. The molecule has 4 heteroatoms. The maximum absolute atomic E-state index is 6.30. The largest absolute Gasteiger partial charge is 0.456 e. The first-order valence-corrected chi connectivity index (χ1v) is 11.7. The highest BCUT2D eigenvalue weighted by atomic mass is 16.3. The molecule has 4 heterocycles. The van der Waals surface area contributed by atoms with Gasteiger partial charge >= 0.3 is 6.98 Å². The molecule has 3 nitrogen and oxygen atoms in total. The van der Waals surface area contributed by atoms with Crippen LogP contribution in [0.2, 0.25) is 0 Å². The zero-order chi connectivity index (χ0) is 22.0. The van der Waals surface area contributed by atoms with Gasteiger partial charge in [-0.15, -0.1) is 0 Å². The van der Waals surface area contributed by atoms with Crippen molar-refractivity contribution in [2.75, 3.05) is 4.81 Å². The molecule has 2 aromatic heterocycles. The van der Waals surface area contributed by atoms with E-state index in [0.29, 0.717) is 0 Å². The number of hydrogen-bond donors (Lipinski definition) is 0. The summed E-state index contributed by atoms with van der Waals surface area (Å²) in [6, 6.07) is 37.2. The number of benzene rings is 5. The molecule has 9 rings (SSSR count). The zero-order valence-electron chi connectivity index (χ0n) is 18.2. The molecule has 7 aromatic rings. The monoisotopic (exact) mass is 432 g/mol. The molecule has 0 spiro atoms. The van der Waals surface area contributed by atoms with Crippen LogP contribution in [-0.2, 0) is 0 Å². The third kappa shape index (κ3) is 1.81. The quantitative estimate of drug-likeness (QED) is 0.239. The molecule has 0 amide bonds. The Hall–Kier alpha value is -4.44. The Bertz CT molecular complexity index is 2000. The summed E-state index contributed by atoms with van der Waals surface area (Å²) < 4.78 is 8.84. The Balaban J connectivity index is 1.51. The Morgan fingerprint density at radius 2 is 1.35 bits per heavy atom. The Kier molecular flexibility index (Phi) is 2.88. The maximum atomic E-state index is 6.30. The van der Waals surface area contributed by atoms with Crippen molar-refractivity contribution in [3.8, 4) is 11.1 Å². The number of nitrogens with zero attached hydrogens (tertiary/aromatic N) is 2. The van der Waals surface area contributed by atoms with Gasteiger partial charge in [-0.05, 0) is 41.4 Å². The second-order valence-corrected chi connectivity index (χ2v) is 9.32. The van der Waals surface area contributed by atoms with Gasteiger partial charge in [-0.25, -0.2) is 0 Å². The Labute approximate surface area is 195 Å². The Morgan fingerprint density at radius 1 is 0.588 bits per heavy atom. The minimum absolute atomic E-state index is 0.0581. The van der Waals surface area contributed by atoms with Crippen molar-refractivity contribution in [2.45, 2.75) is 0 Å². The lowest BCUT2D eigenvalue weighted by atomic mass is 9.60. The molecular weight excluding hydrogens is 415 g/mol. The van der Waals surface area contributed by atoms with E-state index in [1.54, 1.807) is 0 Å². The predicted octanol–water partition coefficient (Wildman–Crippen LogP) is 7.07. The van der Waals surface area contributed by atoms with Crippen LogP contribution in [0.1, 0.15) is 0 Å². The Morgan fingerprint density at radius 3 is 2.32 bits per heavy atom. The van der Waals surface area contributed by atoms with Gasteiger partial charge in [0.1, 0.15) is 11.2 Å². The van der Waals surface area contributed by atoms with Crippen molar-refractivity contribution in [1.82, 2.24) is 4.48 Å². The summed E-state index contributed by atoms with van der Waals surface area (Å²) in [6.07, 6.45) is 0. The van der Waals surface area contributed by atoms with Gasteiger partial charge in [-0.1, -0.05) is 72.8 Å². The highest BCUT2D eigenvalue weighted by Gasteiger charge is 2.45. The molecule has 0 radical (unpaired) electrons. The second-order valence-electron chi connectivity index (χ2n) is 9.32. The first kappa shape index (κ1) is 17.1. The molecule has 0 atom stereocenters. The molecule has 0 aliphatic carbocycles. The fraction of sp³-hybridized carbons (Fsp3) is 0. The summed E-state index contributed by atoms with van der Waals surface area (Å²) in [5, 5.41) is 5.02. The standard InChI is InChI=1S/C30H17BN2O/c1-4-12-23-18(8-1)19-11-7-14-25-30(19)33(23)31-22-16-17-27-29(21-10-3-6-15-26(21)34-27)28(22)20-9-2-5-13-24(20)32(25)31/h1-17H. The topological polar surface area (TPSA) is 21.3 Å². The van der Waals surface area contributed by atoms with Crippen LogP contribution < -0.4 is 10.3 Å². The summed E-state index contributed by atoms with van der Waals surface area (Å²) in [7, 11) is 0. The molecule has 0 N–H and O–H groups in total. The van der Waals surface area contributed by atoms with Crippen molar-refractivity contribution in [2.24, 2.45) is 0 Å². The third-order valence-electron chi connectivity index (χ3n) is 7.74. The van der Waals surface area contributed by atoms with Crippen LogP contribution in [0, 0.1) is 0 Å². The molecule has 0 saturated heterocycles. The molecule has 0 bridgehead atoms. The van der Waals surface area contributed by atoms with E-state index >= 15 is 0 Å². The van der Waals surface area contributed by atoms with E-state index in [-0.39, 0.29) is 6.98 Å². The van der Waals surface area contributed by atoms with Crippen LogP contribution >= 0.6 is 0 Å². The lowest BCUT2D eigenvalue weighted by molar-refractivity contribution is 0.669. The fourth-order valence-electron chi connectivity index (χ4n) is 6.50. The predicted molar refractivity (Wildman–Crippen MR) is 142 cm³/mol. The van der Waals surface area contributed by atoms with Crippen molar-refractivity contribution in [1.29, 1.82) is 0 Å². The molecule has 34 heavy (non-hydrogen) atoms. The van der Waals surface area contributed by atoms with E-state index in [1.165, 1.54) is 60.5 Å². The molecule has 5 aromatic carbocycles. The molecule has 156 valence electrons. The first-order valence-electron chi connectivity index (χ1n) is 11.7. The van der Waals surface area contributed by atoms with Gasteiger partial charge in [-0.3, -0.25) is 0 Å². The van der Waals surface area contributed by atoms with Crippen LogP contribution in [0.25, 0.3) is 54.9 Å². The number of hydrogen-bond acceptors (Lipinski definition) is 2. The van der Waals surface area contributed by atoms with E-state index in [2.05, 4.69) is 106 Å². The summed E-state index contributed by atoms with van der Waals surface area (Å²) >= 11 is 0. The SMILES string of the molecule is c1ccc2c(c1)-c1c(ccc3oc4ccccc4c13)B1N2c2cccc3c4ccccc4n1c23. The second kappa shape index (κ2) is 5.73. The van der Waals surface area contributed by atoms with Crippen LogP contribution in [-0.4, -0.2) is 11.5 Å². The number of aromatic nitrogens is 1. The highest BCUT2D eigenvalue weighted by Crippen LogP contribution is 2.50. The minimum atomic E-state index is 0.0581. The van der Waals surface area contributed by atoms with E-state index in [9.17, 15) is 0 Å². The molecular formula is C30H17BN2O. The highest BCUT2D eigenvalue weighted by molar-refractivity contribution is 6.83. The van der Waals surface area contributed by atoms with Crippen LogP contribution in [0.5, 0.6) is 0 Å². The number of anilines is 2. The van der Waals surface area contributed by atoms with Crippen molar-refractivity contribution >= 4 is 67.6 Å². The smallest absolute Gasteiger partial charge is 0.421 e. The van der Waals surface area contributed by atoms with Gasteiger partial charge in [0.15, 0.2) is 0 Å². The van der Waals surface area contributed by atoms with E-state index in [0.717, 1.165) is 11.2 Å². The summed E-state index contributed by atoms with van der Waals surface area (Å²) in [4.78, 5) is 2.53. The van der Waals surface area contributed by atoms with Crippen molar-refractivity contribution in [3.05, 3.63) is 103 Å². The molecule has 0 saturated carbocycles. The van der Waals surface area contributed by atoms with Crippen molar-refractivity contribution < 1.29 is 4.42 Å². The lowest BCUT2D eigenvalue weighted by Gasteiger charge is -2.34. The average molecular weight is 432 g/mol.